The number of phenolic OH excluding ortho intramolecular Hbond substituents is 1. The van der Waals surface area contributed by atoms with Gasteiger partial charge in [0.15, 0.2) is 0 Å². The van der Waals surface area contributed by atoms with Gasteiger partial charge in [-0.25, -0.2) is 0 Å². The second kappa shape index (κ2) is 10.8. The van der Waals surface area contributed by atoms with E-state index in [1.807, 2.05) is 12.1 Å². The molecule has 44 heavy (non-hydrogen) atoms. The van der Waals surface area contributed by atoms with Gasteiger partial charge in [0.2, 0.25) is 0 Å². The molecule has 0 unspecified atom stereocenters. The average Bonchev–Trinajstić information content (AvgIpc) is 3.22. The van der Waals surface area contributed by atoms with Crippen LogP contribution >= 0.6 is 0 Å². The number of hydrogen-bond acceptors (Lipinski definition) is 1. The highest BCUT2D eigenvalue weighted by atomic mass is 16.3. The van der Waals surface area contributed by atoms with Gasteiger partial charge in [-0.1, -0.05) is 156 Å². The molecule has 0 bridgehead atoms. The molecule has 1 N–H and O–H groups in total. The van der Waals surface area contributed by atoms with E-state index in [0.717, 1.165) is 0 Å². The first-order valence-corrected chi connectivity index (χ1v) is 16.2. The number of benzene rings is 1. The average molecular weight is 585 g/mol. The topological polar surface area (TPSA) is 20.2 Å². The van der Waals surface area contributed by atoms with E-state index >= 15 is 0 Å². The number of hydrogen-bond donors (Lipinski definition) is 1. The van der Waals surface area contributed by atoms with Gasteiger partial charge < -0.3 is 5.11 Å². The van der Waals surface area contributed by atoms with Gasteiger partial charge in [-0.15, -0.1) is 0 Å². The molecule has 0 radical (unpaired) electrons. The Balaban J connectivity index is 1.90. The van der Waals surface area contributed by atoms with E-state index < -0.39 is 0 Å². The Morgan fingerprint density at radius 1 is 0.409 bits per heavy atom. The van der Waals surface area contributed by atoms with Crippen molar-refractivity contribution in [2.45, 2.75) is 111 Å². The fraction of sp³-hybridized carbons (Fsp3) is 0.395. The standard InChI is InChI=1S/C43H52O/c1-40(2,3)28-15-21-31-33(23-17-28)37(42(7,8)9)25-35(31)39(27-13-19-30(44)20-14-27)36-26-38(43(10,11)12)34-24-18-29(41(4,5)6)16-22-32(34)36/h13-26,39,44H,1-12H3. The van der Waals surface area contributed by atoms with E-state index in [1.165, 1.54) is 61.2 Å². The van der Waals surface area contributed by atoms with Crippen molar-refractivity contribution in [3.63, 3.8) is 0 Å². The summed E-state index contributed by atoms with van der Waals surface area (Å²) < 4.78 is 0. The summed E-state index contributed by atoms with van der Waals surface area (Å²) >= 11 is 0. The van der Waals surface area contributed by atoms with Gasteiger partial charge in [0.05, 0.1) is 0 Å². The van der Waals surface area contributed by atoms with Crippen LogP contribution < -0.4 is 0 Å². The van der Waals surface area contributed by atoms with Crippen molar-refractivity contribution < 1.29 is 5.11 Å². The molecule has 0 atom stereocenters. The maximum atomic E-state index is 10.3. The van der Waals surface area contributed by atoms with Gasteiger partial charge in [0.25, 0.3) is 0 Å². The molecule has 230 valence electrons. The van der Waals surface area contributed by atoms with Crippen LogP contribution in [0.4, 0.5) is 0 Å². The summed E-state index contributed by atoms with van der Waals surface area (Å²) in [6.45, 7) is 27.6. The zero-order chi connectivity index (χ0) is 32.4. The number of phenols is 1. The monoisotopic (exact) mass is 584 g/mol. The van der Waals surface area contributed by atoms with Crippen molar-refractivity contribution >= 4 is 0 Å². The van der Waals surface area contributed by atoms with Gasteiger partial charge in [0.1, 0.15) is 5.75 Å². The quantitative estimate of drug-likeness (QED) is 0.224. The number of fused-ring (bicyclic) bond motifs is 2. The van der Waals surface area contributed by atoms with Crippen LogP contribution in [0.25, 0.3) is 22.3 Å². The zero-order valence-corrected chi connectivity index (χ0v) is 29.1. The van der Waals surface area contributed by atoms with E-state index in [9.17, 15) is 5.11 Å². The molecule has 1 heteroatoms. The first-order chi connectivity index (χ1) is 20.3. The van der Waals surface area contributed by atoms with Crippen molar-refractivity contribution in [3.05, 3.63) is 124 Å². The van der Waals surface area contributed by atoms with Crippen molar-refractivity contribution in [2.24, 2.45) is 0 Å². The minimum Gasteiger partial charge on any atom is -0.508 e. The maximum absolute atomic E-state index is 10.3. The van der Waals surface area contributed by atoms with Crippen LogP contribution in [0, 0.1) is 0 Å². The molecule has 0 fully saturated rings. The minimum absolute atomic E-state index is 0.00577. The van der Waals surface area contributed by atoms with Crippen LogP contribution in [0.15, 0.2) is 84.9 Å². The maximum Gasteiger partial charge on any atom is 0.115 e. The van der Waals surface area contributed by atoms with Crippen LogP contribution in [0.5, 0.6) is 5.75 Å². The molecule has 0 spiro atoms. The molecule has 1 nitrogen and oxygen atoms in total. The fourth-order valence-electron chi connectivity index (χ4n) is 6.67. The zero-order valence-electron chi connectivity index (χ0n) is 29.1. The molecule has 0 heterocycles. The SMILES string of the molecule is CC(C)(C)c1ccc2c(C(c3ccc(O)cc3)c3cc(C(C)(C)C)c4ccc(C(C)(C)C)ccc3-4)cc(C(C)(C)C)c-2cc1. The normalized spacial score (nSPS) is 13.3. The lowest BCUT2D eigenvalue weighted by molar-refractivity contribution is 0.475. The summed E-state index contributed by atoms with van der Waals surface area (Å²) in [6.07, 6.45) is 0. The molecule has 1 aromatic rings. The van der Waals surface area contributed by atoms with Crippen LogP contribution in [0.2, 0.25) is 0 Å². The van der Waals surface area contributed by atoms with Gasteiger partial charge >= 0.3 is 0 Å². The third-order valence-corrected chi connectivity index (χ3v) is 9.30. The molecule has 5 rings (SSSR count). The first-order valence-electron chi connectivity index (χ1n) is 16.2. The molecular weight excluding hydrogens is 532 g/mol. The Kier molecular flexibility index (Phi) is 7.81. The third kappa shape index (κ3) is 6.03. The molecular formula is C43H52O. The number of rotatable bonds is 3. The van der Waals surface area contributed by atoms with Crippen LogP contribution in [-0.4, -0.2) is 5.11 Å². The molecule has 0 aromatic heterocycles. The smallest absolute Gasteiger partial charge is 0.115 e. The molecule has 4 aliphatic rings. The first kappa shape index (κ1) is 31.8. The summed E-state index contributed by atoms with van der Waals surface area (Å²) in [7, 11) is 0. The summed E-state index contributed by atoms with van der Waals surface area (Å²) in [4.78, 5) is 0. The Bertz CT molecular complexity index is 1610. The van der Waals surface area contributed by atoms with Crippen molar-refractivity contribution in [2.75, 3.05) is 0 Å². The minimum atomic E-state index is -0.0229. The summed E-state index contributed by atoms with van der Waals surface area (Å²) in [5.41, 5.74) is 14.5. The summed E-state index contributed by atoms with van der Waals surface area (Å²) in [6, 6.07) is 31.6. The largest absolute Gasteiger partial charge is 0.508 e. The Hall–Kier alpha value is -3.58. The lowest BCUT2D eigenvalue weighted by Gasteiger charge is -2.20. The fourth-order valence-corrected chi connectivity index (χ4v) is 6.67. The molecule has 1 aromatic carbocycles. The van der Waals surface area contributed by atoms with E-state index in [4.69, 9.17) is 0 Å². The van der Waals surface area contributed by atoms with Crippen molar-refractivity contribution in [1.29, 1.82) is 0 Å². The van der Waals surface area contributed by atoms with Crippen LogP contribution in [0.1, 0.15) is 128 Å². The molecule has 0 amide bonds. The van der Waals surface area contributed by atoms with E-state index in [1.54, 1.807) is 0 Å². The second-order valence-corrected chi connectivity index (χ2v) is 16.9. The van der Waals surface area contributed by atoms with E-state index in [0.29, 0.717) is 5.75 Å². The second-order valence-electron chi connectivity index (χ2n) is 16.9. The van der Waals surface area contributed by atoms with Crippen LogP contribution in [-0.2, 0) is 21.7 Å². The summed E-state index contributed by atoms with van der Waals surface area (Å²) in [5.74, 6) is 0.286. The Labute approximate surface area is 267 Å². The van der Waals surface area contributed by atoms with Crippen LogP contribution in [0.3, 0.4) is 0 Å². The molecule has 0 saturated heterocycles. The Morgan fingerprint density at radius 2 is 0.750 bits per heavy atom. The lowest BCUT2D eigenvalue weighted by Crippen LogP contribution is -2.11. The highest BCUT2D eigenvalue weighted by Crippen LogP contribution is 2.51. The van der Waals surface area contributed by atoms with Gasteiger partial charge in [-0.05, 0) is 95.0 Å². The summed E-state index contributed by atoms with van der Waals surface area (Å²) in [5, 5.41) is 10.3. The molecule has 0 aliphatic heterocycles. The van der Waals surface area contributed by atoms with E-state index in [-0.39, 0.29) is 27.6 Å². The highest BCUT2D eigenvalue weighted by Gasteiger charge is 2.33. The van der Waals surface area contributed by atoms with Gasteiger partial charge in [-0.2, -0.15) is 0 Å². The Morgan fingerprint density at radius 3 is 1.07 bits per heavy atom. The predicted molar refractivity (Wildman–Crippen MR) is 190 cm³/mol. The van der Waals surface area contributed by atoms with Crippen molar-refractivity contribution in [3.8, 4) is 28.0 Å². The number of aromatic hydroxyl groups is 1. The van der Waals surface area contributed by atoms with E-state index in [2.05, 4.69) is 156 Å². The van der Waals surface area contributed by atoms with Gasteiger partial charge in [0, 0.05) is 5.92 Å². The highest BCUT2D eigenvalue weighted by molar-refractivity contribution is 5.83. The van der Waals surface area contributed by atoms with Crippen molar-refractivity contribution in [1.82, 2.24) is 0 Å². The molecule has 0 saturated carbocycles. The van der Waals surface area contributed by atoms with Gasteiger partial charge in [-0.3, -0.25) is 0 Å². The predicted octanol–water partition coefficient (Wildman–Crippen LogP) is 12.0. The molecule has 4 aliphatic carbocycles. The lowest BCUT2D eigenvalue weighted by atomic mass is 9.83. The third-order valence-electron chi connectivity index (χ3n) is 9.30.